The second-order valence-electron chi connectivity index (χ2n) is 7.75. The molecule has 1 aliphatic heterocycles. The van der Waals surface area contributed by atoms with Gasteiger partial charge in [0.25, 0.3) is 0 Å². The van der Waals surface area contributed by atoms with E-state index in [0.717, 1.165) is 28.8 Å². The van der Waals surface area contributed by atoms with Crippen molar-refractivity contribution in [1.29, 1.82) is 0 Å². The predicted octanol–water partition coefficient (Wildman–Crippen LogP) is 3.22. The first-order valence-electron chi connectivity index (χ1n) is 10.2. The van der Waals surface area contributed by atoms with Gasteiger partial charge in [0.2, 0.25) is 5.43 Å². The molecule has 1 aliphatic rings. The number of nitrogens with zero attached hydrogens (tertiary/aromatic N) is 3. The molecule has 0 bridgehead atoms. The number of hydrogen-bond acceptors (Lipinski definition) is 6. The highest BCUT2D eigenvalue weighted by Gasteiger charge is 2.27. The van der Waals surface area contributed by atoms with Crippen LogP contribution in [0.1, 0.15) is 23.2 Å². The van der Waals surface area contributed by atoms with Gasteiger partial charge in [-0.15, -0.1) is 0 Å². The Morgan fingerprint density at radius 2 is 1.97 bits per heavy atom. The van der Waals surface area contributed by atoms with E-state index in [9.17, 15) is 23.5 Å². The van der Waals surface area contributed by atoms with Crippen LogP contribution in [-0.4, -0.2) is 40.3 Å². The second kappa shape index (κ2) is 8.99. The normalized spacial score (nSPS) is 15.3. The molecule has 4 rings (SSSR count). The summed E-state index contributed by atoms with van der Waals surface area (Å²) in [7, 11) is 0. The largest absolute Gasteiger partial charge is 0.477 e. The fraction of sp³-hybridized carbons (Fsp3) is 0.227. The molecule has 1 fully saturated rings. The maximum absolute atomic E-state index is 15.3. The number of piperidine rings is 1. The Morgan fingerprint density at radius 1 is 1.24 bits per heavy atom. The van der Waals surface area contributed by atoms with Gasteiger partial charge in [-0.05, 0) is 18.9 Å². The molecule has 0 aliphatic carbocycles. The number of rotatable bonds is 4. The minimum Gasteiger partial charge on any atom is -0.477 e. The zero-order valence-electron chi connectivity index (χ0n) is 17.6. The fourth-order valence-corrected chi connectivity index (χ4v) is 4.48. The van der Waals surface area contributed by atoms with Crippen LogP contribution in [0.2, 0.25) is 5.02 Å². The molecule has 0 amide bonds. The summed E-state index contributed by atoms with van der Waals surface area (Å²) in [6.07, 6.45) is 4.10. The number of nitrogens with two attached hydrogens (primary N) is 2. The van der Waals surface area contributed by atoms with Crippen molar-refractivity contribution in [2.45, 2.75) is 12.8 Å². The number of aromatic carboxylic acids is 1. The van der Waals surface area contributed by atoms with Crippen LogP contribution in [0.3, 0.4) is 0 Å². The standard InChI is InChI=1S/C22H19ClF3N5O3/c23-16-17-11(6-13(24)18(16)30-5-1-2-10(8-30)3-4-27)19(32)12(22(33)34)9-31(17)21-15(26)7-14(25)20(28)29-21/h3,6-7,9H,1-2,4-5,8,27H2,(H2,28,29)(H,33,34). The molecule has 0 atom stereocenters. The highest BCUT2D eigenvalue weighted by atomic mass is 35.5. The molecule has 12 heteroatoms. The molecule has 178 valence electrons. The summed E-state index contributed by atoms with van der Waals surface area (Å²) in [4.78, 5) is 29.8. The summed E-state index contributed by atoms with van der Waals surface area (Å²) in [6, 6.07) is 1.32. The van der Waals surface area contributed by atoms with E-state index in [4.69, 9.17) is 23.1 Å². The Morgan fingerprint density at radius 3 is 2.65 bits per heavy atom. The maximum Gasteiger partial charge on any atom is 0.341 e. The van der Waals surface area contributed by atoms with Crippen molar-refractivity contribution in [3.05, 3.63) is 68.2 Å². The van der Waals surface area contributed by atoms with Crippen LogP contribution >= 0.6 is 11.6 Å². The van der Waals surface area contributed by atoms with Crippen LogP contribution in [-0.2, 0) is 0 Å². The van der Waals surface area contributed by atoms with Crippen LogP contribution < -0.4 is 21.8 Å². The van der Waals surface area contributed by atoms with Crippen LogP contribution in [0.5, 0.6) is 0 Å². The van der Waals surface area contributed by atoms with Gasteiger partial charge in [0.1, 0.15) is 11.4 Å². The second-order valence-corrected chi connectivity index (χ2v) is 8.13. The lowest BCUT2D eigenvalue weighted by molar-refractivity contribution is 0.0695. The molecule has 1 aromatic carbocycles. The highest BCUT2D eigenvalue weighted by Crippen LogP contribution is 2.38. The van der Waals surface area contributed by atoms with Crippen molar-refractivity contribution in [2.24, 2.45) is 5.73 Å². The molecule has 34 heavy (non-hydrogen) atoms. The minimum absolute atomic E-state index is 0.0523. The smallest absolute Gasteiger partial charge is 0.341 e. The number of nitrogen functional groups attached to an aromatic ring is 1. The zero-order chi connectivity index (χ0) is 24.7. The van der Waals surface area contributed by atoms with E-state index in [1.54, 1.807) is 4.90 Å². The molecule has 0 unspecified atom stereocenters. The summed E-state index contributed by atoms with van der Waals surface area (Å²) in [6.45, 7) is 1.08. The molecule has 0 radical (unpaired) electrons. The van der Waals surface area contributed by atoms with Gasteiger partial charge in [-0.3, -0.25) is 9.36 Å². The van der Waals surface area contributed by atoms with Gasteiger partial charge < -0.3 is 21.5 Å². The first-order valence-corrected chi connectivity index (χ1v) is 10.6. The van der Waals surface area contributed by atoms with Gasteiger partial charge in [0.05, 0.1) is 21.6 Å². The van der Waals surface area contributed by atoms with E-state index in [1.807, 2.05) is 6.08 Å². The summed E-state index contributed by atoms with van der Waals surface area (Å²) < 4.78 is 44.6. The van der Waals surface area contributed by atoms with Gasteiger partial charge in [-0.2, -0.15) is 0 Å². The number of carbonyl (C=O) groups is 1. The van der Waals surface area contributed by atoms with Gasteiger partial charge in [0.15, 0.2) is 23.3 Å². The van der Waals surface area contributed by atoms with E-state index >= 15 is 4.39 Å². The molecule has 2 aromatic heterocycles. The molecule has 3 aromatic rings. The molecular weight excluding hydrogens is 475 g/mol. The number of aromatic nitrogens is 2. The SMILES string of the molecule is NCC=C1CCCN(c2c(F)cc3c(=O)c(C(=O)O)cn(-c4nc(N)c(F)cc4F)c3c2Cl)C1. The topological polar surface area (TPSA) is 127 Å². The molecule has 8 nitrogen and oxygen atoms in total. The molecule has 3 heterocycles. The lowest BCUT2D eigenvalue weighted by atomic mass is 10.0. The maximum atomic E-state index is 15.3. The number of benzene rings is 1. The number of anilines is 2. The third-order valence-corrected chi connectivity index (χ3v) is 5.95. The molecular formula is C22H19ClF3N5O3. The highest BCUT2D eigenvalue weighted by molar-refractivity contribution is 6.38. The van der Waals surface area contributed by atoms with Crippen LogP contribution in [0.25, 0.3) is 16.7 Å². The summed E-state index contributed by atoms with van der Waals surface area (Å²) in [5.74, 6) is -6.08. The van der Waals surface area contributed by atoms with E-state index < -0.39 is 51.4 Å². The van der Waals surface area contributed by atoms with Crippen molar-refractivity contribution >= 4 is 40.0 Å². The first-order chi connectivity index (χ1) is 16.1. The van der Waals surface area contributed by atoms with Gasteiger partial charge in [-0.25, -0.2) is 22.9 Å². The van der Waals surface area contributed by atoms with E-state index in [2.05, 4.69) is 4.98 Å². The first kappa shape index (κ1) is 23.6. The average Bonchev–Trinajstić information content (AvgIpc) is 2.77. The fourth-order valence-electron chi connectivity index (χ4n) is 4.08. The van der Waals surface area contributed by atoms with Crippen molar-refractivity contribution in [3.63, 3.8) is 0 Å². The molecule has 0 spiro atoms. The molecule has 1 saturated heterocycles. The number of pyridine rings is 2. The quantitative estimate of drug-likeness (QED) is 0.476. The van der Waals surface area contributed by atoms with E-state index in [1.165, 1.54) is 0 Å². The van der Waals surface area contributed by atoms with Crippen molar-refractivity contribution in [3.8, 4) is 5.82 Å². The number of fused-ring (bicyclic) bond motifs is 1. The Bertz CT molecular complexity index is 1420. The Kier molecular flexibility index (Phi) is 6.24. The Labute approximate surface area is 195 Å². The van der Waals surface area contributed by atoms with Crippen LogP contribution in [0.4, 0.5) is 24.7 Å². The Hall–Kier alpha value is -3.57. The molecule has 5 N–H and O–H groups in total. The average molecular weight is 494 g/mol. The zero-order valence-corrected chi connectivity index (χ0v) is 18.4. The number of carboxylic acids is 1. The minimum atomic E-state index is -1.63. The van der Waals surface area contributed by atoms with Gasteiger partial charge in [0, 0.05) is 31.9 Å². The van der Waals surface area contributed by atoms with Crippen LogP contribution in [0.15, 0.2) is 34.8 Å². The third-order valence-electron chi connectivity index (χ3n) is 5.60. The third kappa shape index (κ3) is 3.97. The lowest BCUT2D eigenvalue weighted by Crippen LogP contribution is -2.32. The monoisotopic (exact) mass is 493 g/mol. The van der Waals surface area contributed by atoms with Gasteiger partial charge in [-0.1, -0.05) is 23.3 Å². The van der Waals surface area contributed by atoms with Gasteiger partial charge >= 0.3 is 5.97 Å². The van der Waals surface area contributed by atoms with Crippen molar-refractivity contribution < 1.29 is 23.1 Å². The number of halogens is 4. The van der Waals surface area contributed by atoms with E-state index in [0.29, 0.717) is 32.1 Å². The summed E-state index contributed by atoms with van der Waals surface area (Å²) >= 11 is 6.60. The Balaban J connectivity index is 2.07. The van der Waals surface area contributed by atoms with Crippen LogP contribution in [0, 0.1) is 17.5 Å². The summed E-state index contributed by atoms with van der Waals surface area (Å²) in [5.41, 5.74) is 10.0. The van der Waals surface area contributed by atoms with E-state index in [-0.39, 0.29) is 16.2 Å². The van der Waals surface area contributed by atoms with Crippen molar-refractivity contribution in [2.75, 3.05) is 30.3 Å². The molecule has 0 saturated carbocycles. The number of hydrogen-bond donors (Lipinski definition) is 3. The predicted molar refractivity (Wildman–Crippen MR) is 122 cm³/mol. The van der Waals surface area contributed by atoms with Crippen molar-refractivity contribution in [1.82, 2.24) is 9.55 Å². The lowest BCUT2D eigenvalue weighted by Gasteiger charge is -2.32. The number of carboxylic acid groups (broad SMARTS) is 1. The summed E-state index contributed by atoms with van der Waals surface area (Å²) in [5, 5.41) is 8.80.